The normalized spacial score (nSPS) is 9.75. The van der Waals surface area contributed by atoms with Crippen LogP contribution < -0.4 is 16.4 Å². The summed E-state index contributed by atoms with van der Waals surface area (Å²) in [4.78, 5) is 9.92. The zero-order chi connectivity index (χ0) is 15.3. The van der Waals surface area contributed by atoms with Crippen molar-refractivity contribution in [1.29, 1.82) is 0 Å². The molecule has 0 saturated heterocycles. The molecule has 0 aromatic rings. The van der Waals surface area contributed by atoms with E-state index in [-0.39, 0.29) is 0 Å². The molecule has 0 aliphatic carbocycles. The third kappa shape index (κ3) is 22.5. The van der Waals surface area contributed by atoms with Gasteiger partial charge in [0.1, 0.15) is 0 Å². The molecule has 4 N–H and O–H groups in total. The fourth-order valence-corrected chi connectivity index (χ4v) is 1.11. The predicted octanol–water partition coefficient (Wildman–Crippen LogP) is -0.643. The number of amides is 1. The van der Waals surface area contributed by atoms with Crippen LogP contribution >= 0.6 is 0 Å². The lowest BCUT2D eigenvalue weighted by molar-refractivity contribution is -0.109. The number of carbonyl (C=O) groups is 1. The molecule has 0 aliphatic rings. The van der Waals surface area contributed by atoms with E-state index in [2.05, 4.69) is 10.6 Å². The van der Waals surface area contributed by atoms with E-state index in [1.165, 1.54) is 0 Å². The molecule has 20 heavy (non-hydrogen) atoms. The fraction of sp³-hybridized carbons (Fsp3) is 0.923. The average Bonchev–Trinajstić information content (AvgIpc) is 2.50. The molecular weight excluding hydrogens is 262 g/mol. The Hall–Kier alpha value is -0.730. The topological polar surface area (TPSA) is 94.8 Å². The molecule has 0 heterocycles. The van der Waals surface area contributed by atoms with Crippen LogP contribution in [0.5, 0.6) is 0 Å². The highest BCUT2D eigenvalue weighted by Crippen LogP contribution is 1.77. The van der Waals surface area contributed by atoms with Gasteiger partial charge in [-0.1, -0.05) is 13.8 Å². The quantitative estimate of drug-likeness (QED) is 0.274. The van der Waals surface area contributed by atoms with Gasteiger partial charge in [-0.3, -0.25) is 4.79 Å². The maximum Gasteiger partial charge on any atom is 0.207 e. The van der Waals surface area contributed by atoms with Gasteiger partial charge in [-0.15, -0.1) is 0 Å². The lowest BCUT2D eigenvalue weighted by Crippen LogP contribution is -2.26. The van der Waals surface area contributed by atoms with Gasteiger partial charge in [0.05, 0.1) is 39.6 Å². The standard InChI is InChI=1S/C11H25N3O4.C2H6/c12-1-5-16-9-10-18-7-3-13-2-6-17-8-4-14-11-15;1-2/h11,13H,1-10,12H2,(H,14,15);1-2H3. The van der Waals surface area contributed by atoms with E-state index in [4.69, 9.17) is 19.9 Å². The van der Waals surface area contributed by atoms with Gasteiger partial charge in [-0.05, 0) is 0 Å². The number of rotatable bonds is 15. The number of hydrogen-bond acceptors (Lipinski definition) is 6. The second kappa shape index (κ2) is 23.4. The van der Waals surface area contributed by atoms with Gasteiger partial charge >= 0.3 is 0 Å². The molecule has 0 spiro atoms. The van der Waals surface area contributed by atoms with E-state index in [0.717, 1.165) is 13.1 Å². The highest BCUT2D eigenvalue weighted by atomic mass is 16.5. The van der Waals surface area contributed by atoms with Crippen LogP contribution in [-0.4, -0.2) is 72.2 Å². The largest absolute Gasteiger partial charge is 0.378 e. The van der Waals surface area contributed by atoms with Gasteiger partial charge < -0.3 is 30.6 Å². The lowest BCUT2D eigenvalue weighted by atomic mass is 10.6. The molecule has 0 aromatic carbocycles. The van der Waals surface area contributed by atoms with Gasteiger partial charge in [-0.25, -0.2) is 0 Å². The molecular formula is C13H31N3O4. The number of carbonyl (C=O) groups excluding carboxylic acids is 1. The molecule has 0 saturated carbocycles. The number of nitrogens with two attached hydrogens (primary N) is 1. The Kier molecular flexibility index (Phi) is 25.2. The lowest BCUT2D eigenvalue weighted by Gasteiger charge is -2.07. The highest BCUT2D eigenvalue weighted by molar-refractivity contribution is 5.45. The Morgan fingerprint density at radius 3 is 1.90 bits per heavy atom. The van der Waals surface area contributed by atoms with Gasteiger partial charge in [0.2, 0.25) is 6.41 Å². The summed E-state index contributed by atoms with van der Waals surface area (Å²) < 4.78 is 15.7. The Morgan fingerprint density at radius 1 is 0.850 bits per heavy atom. The van der Waals surface area contributed by atoms with Crippen LogP contribution in [-0.2, 0) is 19.0 Å². The van der Waals surface area contributed by atoms with Crippen molar-refractivity contribution < 1.29 is 19.0 Å². The first-order valence-electron chi connectivity index (χ1n) is 7.23. The SMILES string of the molecule is CC.NCCOCCOCCNCCOCCNC=O. The Morgan fingerprint density at radius 2 is 1.35 bits per heavy atom. The van der Waals surface area contributed by atoms with Crippen molar-refractivity contribution in [3.63, 3.8) is 0 Å². The van der Waals surface area contributed by atoms with Crippen molar-refractivity contribution in [2.45, 2.75) is 13.8 Å². The molecule has 0 rings (SSSR count). The summed E-state index contributed by atoms with van der Waals surface area (Å²) in [5.74, 6) is 0. The second-order valence-corrected chi connectivity index (χ2v) is 3.45. The van der Waals surface area contributed by atoms with E-state index >= 15 is 0 Å². The Bertz CT molecular complexity index is 174. The molecule has 0 radical (unpaired) electrons. The van der Waals surface area contributed by atoms with Crippen LogP contribution in [0.3, 0.4) is 0 Å². The van der Waals surface area contributed by atoms with Gasteiger partial charge in [0.25, 0.3) is 0 Å². The van der Waals surface area contributed by atoms with Gasteiger partial charge in [0.15, 0.2) is 0 Å². The first kappa shape index (κ1) is 21.6. The number of hydrogen-bond donors (Lipinski definition) is 3. The third-order valence-electron chi connectivity index (χ3n) is 1.95. The van der Waals surface area contributed by atoms with Crippen molar-refractivity contribution in [3.8, 4) is 0 Å². The summed E-state index contributed by atoms with van der Waals surface area (Å²) in [6.07, 6.45) is 0.663. The summed E-state index contributed by atoms with van der Waals surface area (Å²) in [6, 6.07) is 0. The molecule has 1 amide bonds. The first-order valence-corrected chi connectivity index (χ1v) is 7.23. The molecule has 0 bridgehead atoms. The summed E-state index contributed by atoms with van der Waals surface area (Å²) >= 11 is 0. The van der Waals surface area contributed by atoms with Crippen molar-refractivity contribution in [1.82, 2.24) is 10.6 Å². The minimum atomic E-state index is 0.537. The molecule has 0 atom stereocenters. The monoisotopic (exact) mass is 293 g/mol. The first-order chi connectivity index (χ1) is 9.91. The zero-order valence-corrected chi connectivity index (χ0v) is 12.9. The van der Waals surface area contributed by atoms with Gasteiger partial charge in [-0.2, -0.15) is 0 Å². The molecule has 0 aromatic heterocycles. The van der Waals surface area contributed by atoms with Crippen LogP contribution in [0.2, 0.25) is 0 Å². The Balaban J connectivity index is 0. The number of nitrogens with one attached hydrogen (secondary N) is 2. The molecule has 7 heteroatoms. The van der Waals surface area contributed by atoms with Crippen molar-refractivity contribution in [2.75, 3.05) is 65.8 Å². The van der Waals surface area contributed by atoms with Crippen molar-refractivity contribution >= 4 is 6.41 Å². The molecule has 0 unspecified atom stereocenters. The van der Waals surface area contributed by atoms with Gasteiger partial charge in [0, 0.05) is 26.2 Å². The number of ether oxygens (including phenoxy) is 3. The zero-order valence-electron chi connectivity index (χ0n) is 12.9. The summed E-state index contributed by atoms with van der Waals surface area (Å²) in [6.45, 7) is 10.2. The van der Waals surface area contributed by atoms with E-state index in [9.17, 15) is 4.79 Å². The van der Waals surface area contributed by atoms with Crippen LogP contribution in [0.1, 0.15) is 13.8 Å². The summed E-state index contributed by atoms with van der Waals surface area (Å²) in [7, 11) is 0. The maximum absolute atomic E-state index is 9.92. The summed E-state index contributed by atoms with van der Waals surface area (Å²) in [5.41, 5.74) is 5.27. The van der Waals surface area contributed by atoms with Crippen LogP contribution in [0.25, 0.3) is 0 Å². The average molecular weight is 293 g/mol. The fourth-order valence-electron chi connectivity index (χ4n) is 1.11. The van der Waals surface area contributed by atoms with E-state index in [1.54, 1.807) is 0 Å². The second-order valence-electron chi connectivity index (χ2n) is 3.45. The molecule has 0 fully saturated rings. The van der Waals surface area contributed by atoms with E-state index in [1.807, 2.05) is 13.8 Å². The summed E-state index contributed by atoms with van der Waals surface area (Å²) in [5, 5.41) is 5.70. The highest BCUT2D eigenvalue weighted by Gasteiger charge is 1.91. The third-order valence-corrected chi connectivity index (χ3v) is 1.95. The minimum Gasteiger partial charge on any atom is -0.378 e. The smallest absolute Gasteiger partial charge is 0.207 e. The van der Waals surface area contributed by atoms with Crippen molar-refractivity contribution in [2.24, 2.45) is 5.73 Å². The van der Waals surface area contributed by atoms with Crippen LogP contribution in [0.4, 0.5) is 0 Å². The van der Waals surface area contributed by atoms with Crippen LogP contribution in [0.15, 0.2) is 0 Å². The van der Waals surface area contributed by atoms with E-state index in [0.29, 0.717) is 59.1 Å². The maximum atomic E-state index is 9.92. The molecule has 122 valence electrons. The van der Waals surface area contributed by atoms with Crippen molar-refractivity contribution in [3.05, 3.63) is 0 Å². The van der Waals surface area contributed by atoms with Crippen LogP contribution in [0, 0.1) is 0 Å². The predicted molar refractivity (Wildman–Crippen MR) is 79.8 cm³/mol. The van der Waals surface area contributed by atoms with E-state index < -0.39 is 0 Å². The minimum absolute atomic E-state index is 0.537. The Labute approximate surface area is 122 Å². The molecule has 7 nitrogen and oxygen atoms in total. The molecule has 0 aliphatic heterocycles.